The molecule has 1 heterocycles. The van der Waals surface area contributed by atoms with E-state index in [0.717, 1.165) is 11.6 Å². The Balaban J connectivity index is 2.08. The number of carbonyl (C=O) groups excluding carboxylic acids is 1. The summed E-state index contributed by atoms with van der Waals surface area (Å²) < 4.78 is 16.5. The summed E-state index contributed by atoms with van der Waals surface area (Å²) in [4.78, 5) is 11.4. The number of ether oxygens (including phenoxy) is 3. The van der Waals surface area contributed by atoms with E-state index in [-0.39, 0.29) is 24.9 Å². The van der Waals surface area contributed by atoms with Crippen molar-refractivity contribution < 1.29 is 19.0 Å². The van der Waals surface area contributed by atoms with Crippen molar-refractivity contribution >= 4 is 5.97 Å². The monoisotopic (exact) mass is 321 g/mol. The Kier molecular flexibility index (Phi) is 6.14. The maximum atomic E-state index is 11.4. The Morgan fingerprint density at radius 2 is 1.96 bits per heavy atom. The molecule has 1 aromatic rings. The van der Waals surface area contributed by atoms with Gasteiger partial charge in [-0.15, -0.1) is 0 Å². The highest BCUT2D eigenvalue weighted by atomic mass is 16.7. The molecule has 0 N–H and O–H groups in total. The molecule has 1 fully saturated rings. The molecule has 1 aromatic carbocycles. The van der Waals surface area contributed by atoms with Crippen LogP contribution < -0.4 is 0 Å². The number of benzene rings is 1. The summed E-state index contributed by atoms with van der Waals surface area (Å²) in [5.74, 6) is -0.684. The lowest BCUT2D eigenvalue weighted by Gasteiger charge is -2.29. The van der Waals surface area contributed by atoms with Crippen LogP contribution in [0.15, 0.2) is 66.5 Å². The molecule has 0 unspecified atom stereocenters. The van der Waals surface area contributed by atoms with Gasteiger partial charge in [0.2, 0.25) is 0 Å². The molecule has 2 rings (SSSR count). The van der Waals surface area contributed by atoms with Gasteiger partial charge in [-0.1, -0.05) is 24.4 Å². The van der Waals surface area contributed by atoms with Gasteiger partial charge >= 0.3 is 5.97 Å². The van der Waals surface area contributed by atoms with Gasteiger partial charge in [-0.05, 0) is 30.2 Å². The second kappa shape index (κ2) is 8.53. The lowest BCUT2D eigenvalue weighted by atomic mass is 10.1. The van der Waals surface area contributed by atoms with Crippen molar-refractivity contribution in [2.45, 2.75) is 6.29 Å². The molecule has 5 nitrogen and oxygen atoms in total. The second-order valence-corrected chi connectivity index (χ2v) is 4.85. The first kappa shape index (κ1) is 17.3. The molecule has 0 saturated carbocycles. The number of esters is 1. The highest BCUT2D eigenvalue weighted by molar-refractivity contribution is 5.82. The van der Waals surface area contributed by atoms with Crippen LogP contribution in [-0.4, -0.2) is 19.2 Å². The van der Waals surface area contributed by atoms with Crippen LogP contribution in [0.3, 0.4) is 0 Å². The second-order valence-electron chi connectivity index (χ2n) is 4.85. The lowest BCUT2D eigenvalue weighted by molar-refractivity contribution is -0.204. The normalized spacial score (nSPS) is 19.0. The molecular formula is C19H15NO4. The van der Waals surface area contributed by atoms with Gasteiger partial charge in [-0.2, -0.15) is 5.26 Å². The third-order valence-corrected chi connectivity index (χ3v) is 3.23. The summed E-state index contributed by atoms with van der Waals surface area (Å²) in [6.45, 7) is 7.29. The van der Waals surface area contributed by atoms with E-state index in [9.17, 15) is 4.79 Å². The van der Waals surface area contributed by atoms with Crippen LogP contribution in [0, 0.1) is 17.2 Å². The first-order valence-electron chi connectivity index (χ1n) is 7.15. The fourth-order valence-electron chi connectivity index (χ4n) is 2.03. The average Bonchev–Trinajstić information content (AvgIpc) is 2.65. The number of hydrogen-bond acceptors (Lipinski definition) is 5. The molecular weight excluding hydrogens is 306 g/mol. The fourth-order valence-corrected chi connectivity index (χ4v) is 2.03. The minimum Gasteiger partial charge on any atom is -0.418 e. The van der Waals surface area contributed by atoms with Crippen molar-refractivity contribution in [3.8, 4) is 6.07 Å². The minimum atomic E-state index is -0.599. The maximum absolute atomic E-state index is 11.4. The third-order valence-electron chi connectivity index (χ3n) is 3.23. The molecule has 0 radical (unpaired) electrons. The molecule has 0 spiro atoms. The van der Waals surface area contributed by atoms with Crippen molar-refractivity contribution in [2.24, 2.45) is 5.92 Å². The van der Waals surface area contributed by atoms with Crippen LogP contribution in [0.4, 0.5) is 0 Å². The van der Waals surface area contributed by atoms with Crippen molar-refractivity contribution in [1.29, 1.82) is 5.26 Å². The zero-order valence-electron chi connectivity index (χ0n) is 13.0. The molecule has 5 heteroatoms. The van der Waals surface area contributed by atoms with Crippen molar-refractivity contribution in [3.05, 3.63) is 77.6 Å². The summed E-state index contributed by atoms with van der Waals surface area (Å²) in [6.07, 6.45) is 0.521. The summed E-state index contributed by atoms with van der Waals surface area (Å²) in [5.41, 5.74) is 9.00. The van der Waals surface area contributed by atoms with Crippen LogP contribution in [-0.2, 0) is 19.0 Å². The first-order valence-corrected chi connectivity index (χ1v) is 7.15. The molecule has 0 aliphatic carbocycles. The maximum Gasteiger partial charge on any atom is 0.335 e. The molecule has 1 aliphatic rings. The van der Waals surface area contributed by atoms with Gasteiger partial charge in [-0.25, -0.2) is 4.79 Å². The molecule has 24 heavy (non-hydrogen) atoms. The van der Waals surface area contributed by atoms with E-state index >= 15 is 0 Å². The van der Waals surface area contributed by atoms with Crippen LogP contribution in [0.1, 0.15) is 17.4 Å². The van der Waals surface area contributed by atoms with E-state index in [2.05, 4.69) is 36.4 Å². The van der Waals surface area contributed by atoms with Gasteiger partial charge < -0.3 is 14.2 Å². The molecule has 120 valence electrons. The number of hydrogen-bond donors (Lipinski definition) is 0. The SMILES string of the molecule is C=C=C=C=C(OC(=O)C=C)C1COC(c2ccc(C#N)cc2)OC1. The third kappa shape index (κ3) is 4.46. The predicted octanol–water partition coefficient (Wildman–Crippen LogP) is 2.93. The number of carbonyl (C=O) groups is 1. The smallest absolute Gasteiger partial charge is 0.335 e. The summed E-state index contributed by atoms with van der Waals surface area (Å²) in [5, 5.41) is 8.81. The predicted molar refractivity (Wildman–Crippen MR) is 85.3 cm³/mol. The van der Waals surface area contributed by atoms with Gasteiger partial charge in [0.1, 0.15) is 0 Å². The Morgan fingerprint density at radius 3 is 2.50 bits per heavy atom. The van der Waals surface area contributed by atoms with E-state index < -0.39 is 12.3 Å². The highest BCUT2D eigenvalue weighted by Crippen LogP contribution is 2.28. The molecule has 1 saturated heterocycles. The van der Waals surface area contributed by atoms with Crippen molar-refractivity contribution in [3.63, 3.8) is 0 Å². The zero-order valence-corrected chi connectivity index (χ0v) is 13.0. The van der Waals surface area contributed by atoms with Gasteiger partial charge in [0.25, 0.3) is 0 Å². The zero-order chi connectivity index (χ0) is 17.4. The Morgan fingerprint density at radius 1 is 1.29 bits per heavy atom. The topological polar surface area (TPSA) is 68.5 Å². The van der Waals surface area contributed by atoms with Crippen LogP contribution in [0.5, 0.6) is 0 Å². The van der Waals surface area contributed by atoms with Crippen LogP contribution in [0.25, 0.3) is 0 Å². The van der Waals surface area contributed by atoms with E-state index in [1.54, 1.807) is 24.3 Å². The molecule has 1 aliphatic heterocycles. The van der Waals surface area contributed by atoms with Crippen LogP contribution >= 0.6 is 0 Å². The fraction of sp³-hybridized carbons (Fsp3) is 0.211. The van der Waals surface area contributed by atoms with Crippen LogP contribution in [0.2, 0.25) is 0 Å². The average molecular weight is 321 g/mol. The number of nitriles is 1. The lowest BCUT2D eigenvalue weighted by Crippen LogP contribution is -2.29. The summed E-state index contributed by atoms with van der Waals surface area (Å²) >= 11 is 0. The molecule has 0 bridgehead atoms. The van der Waals surface area contributed by atoms with E-state index in [4.69, 9.17) is 19.5 Å². The molecule has 0 amide bonds. The largest absolute Gasteiger partial charge is 0.418 e. The Labute approximate surface area is 140 Å². The quantitative estimate of drug-likeness (QED) is 0.369. The first-order chi connectivity index (χ1) is 11.7. The van der Waals surface area contributed by atoms with Gasteiger partial charge in [0, 0.05) is 11.6 Å². The summed E-state index contributed by atoms with van der Waals surface area (Å²) in [6, 6.07) is 9.00. The Bertz CT molecular complexity index is 776. The van der Waals surface area contributed by atoms with E-state index in [0.29, 0.717) is 5.56 Å². The van der Waals surface area contributed by atoms with Gasteiger partial charge in [0.05, 0.1) is 30.8 Å². The summed E-state index contributed by atoms with van der Waals surface area (Å²) in [7, 11) is 0. The standard InChI is InChI=1S/C19H15NO4/c1-3-5-6-17(24-18(21)4-2)16-12-22-19(23-13-16)15-9-7-14(11-20)8-10-15/h4,7-10,16,19H,1-2,12-13H2. The number of rotatable bonds is 4. The number of nitrogens with zero attached hydrogens (tertiary/aromatic N) is 1. The van der Waals surface area contributed by atoms with E-state index in [1.165, 1.54) is 0 Å². The molecule has 0 aromatic heterocycles. The van der Waals surface area contributed by atoms with Crippen molar-refractivity contribution in [1.82, 2.24) is 0 Å². The Hall–Kier alpha value is -3.08. The van der Waals surface area contributed by atoms with Gasteiger partial charge in [0.15, 0.2) is 12.0 Å². The van der Waals surface area contributed by atoms with E-state index in [1.807, 2.05) is 0 Å². The van der Waals surface area contributed by atoms with Gasteiger partial charge in [-0.3, -0.25) is 0 Å². The molecule has 0 atom stereocenters. The minimum absolute atomic E-state index is 0.231. The highest BCUT2D eigenvalue weighted by Gasteiger charge is 2.28. The van der Waals surface area contributed by atoms with Crippen molar-refractivity contribution in [2.75, 3.05) is 13.2 Å².